The van der Waals surface area contributed by atoms with Crippen LogP contribution in [0.3, 0.4) is 0 Å². The summed E-state index contributed by atoms with van der Waals surface area (Å²) in [6.45, 7) is 10.7. The number of aryl methyl sites for hydroxylation is 1. The smallest absolute Gasteiger partial charge is 0.120 e. The second kappa shape index (κ2) is 6.06. The molecule has 0 fully saturated rings. The Morgan fingerprint density at radius 2 is 1.88 bits per heavy atom. The molecule has 2 unspecified atom stereocenters. The van der Waals surface area contributed by atoms with Gasteiger partial charge >= 0.3 is 0 Å². The molecule has 0 saturated carbocycles. The second-order valence-corrected chi connectivity index (χ2v) is 5.07. The molecule has 2 heteroatoms. The van der Waals surface area contributed by atoms with Crippen molar-refractivity contribution in [2.75, 3.05) is 0 Å². The van der Waals surface area contributed by atoms with Gasteiger partial charge in [-0.2, -0.15) is 0 Å². The first-order chi connectivity index (χ1) is 7.95. The molecule has 0 spiro atoms. The average molecular weight is 235 g/mol. The van der Waals surface area contributed by atoms with Crippen molar-refractivity contribution < 1.29 is 4.74 Å². The molecule has 1 rings (SSSR count). The van der Waals surface area contributed by atoms with E-state index in [2.05, 4.69) is 39.8 Å². The van der Waals surface area contributed by atoms with Gasteiger partial charge in [-0.3, -0.25) is 0 Å². The minimum atomic E-state index is 0.0595. The zero-order valence-corrected chi connectivity index (χ0v) is 11.7. The summed E-state index contributed by atoms with van der Waals surface area (Å²) in [6.07, 6.45) is 0.994. The maximum Gasteiger partial charge on any atom is 0.120 e. The minimum absolute atomic E-state index is 0.0595. The molecule has 2 atom stereocenters. The quantitative estimate of drug-likeness (QED) is 0.846. The predicted molar refractivity (Wildman–Crippen MR) is 73.6 cm³/mol. The molecule has 17 heavy (non-hydrogen) atoms. The normalized spacial score (nSPS) is 14.8. The Hall–Kier alpha value is -1.02. The summed E-state index contributed by atoms with van der Waals surface area (Å²) in [4.78, 5) is 0. The van der Waals surface area contributed by atoms with E-state index >= 15 is 0 Å². The van der Waals surface area contributed by atoms with Gasteiger partial charge in [0.05, 0.1) is 0 Å². The molecule has 0 amide bonds. The molecule has 0 bridgehead atoms. The van der Waals surface area contributed by atoms with Crippen molar-refractivity contribution in [2.24, 2.45) is 5.73 Å². The van der Waals surface area contributed by atoms with Crippen molar-refractivity contribution in [1.82, 2.24) is 0 Å². The van der Waals surface area contributed by atoms with Crippen molar-refractivity contribution in [3.05, 3.63) is 29.3 Å². The molecule has 0 aromatic heterocycles. The molecular weight excluding hydrogens is 210 g/mol. The second-order valence-electron chi connectivity index (χ2n) is 5.07. The van der Waals surface area contributed by atoms with Gasteiger partial charge in [0.25, 0.3) is 0 Å². The molecule has 1 aromatic carbocycles. The van der Waals surface area contributed by atoms with E-state index < -0.39 is 0 Å². The van der Waals surface area contributed by atoms with E-state index in [1.54, 1.807) is 0 Å². The van der Waals surface area contributed by atoms with Crippen LogP contribution in [0.4, 0.5) is 0 Å². The Balaban J connectivity index is 2.77. The van der Waals surface area contributed by atoms with Crippen LogP contribution >= 0.6 is 0 Å². The highest BCUT2D eigenvalue weighted by atomic mass is 16.5. The molecule has 0 aliphatic heterocycles. The summed E-state index contributed by atoms with van der Waals surface area (Å²) in [5.74, 6) is 1.47. The number of ether oxygens (including phenoxy) is 1. The van der Waals surface area contributed by atoms with E-state index in [1.165, 1.54) is 11.1 Å². The van der Waals surface area contributed by atoms with Gasteiger partial charge in [0, 0.05) is 6.04 Å². The molecule has 0 radical (unpaired) electrons. The van der Waals surface area contributed by atoms with Crippen LogP contribution < -0.4 is 10.5 Å². The van der Waals surface area contributed by atoms with Crippen molar-refractivity contribution in [2.45, 2.75) is 59.1 Å². The highest BCUT2D eigenvalue weighted by Crippen LogP contribution is 2.24. The summed E-state index contributed by atoms with van der Waals surface area (Å²) < 4.78 is 5.86. The van der Waals surface area contributed by atoms with Gasteiger partial charge in [-0.15, -0.1) is 0 Å². The Morgan fingerprint density at radius 3 is 2.35 bits per heavy atom. The number of hydrogen-bond acceptors (Lipinski definition) is 2. The Bertz CT molecular complexity index is 360. The lowest BCUT2D eigenvalue weighted by Crippen LogP contribution is -2.35. The Kier molecular flexibility index (Phi) is 5.01. The lowest BCUT2D eigenvalue weighted by molar-refractivity contribution is 0.187. The lowest BCUT2D eigenvalue weighted by atomic mass is 9.98. The molecule has 0 heterocycles. The first-order valence-corrected chi connectivity index (χ1v) is 6.48. The molecule has 2 nitrogen and oxygen atoms in total. The highest BCUT2D eigenvalue weighted by Gasteiger charge is 2.13. The third-order valence-corrected chi connectivity index (χ3v) is 3.26. The zero-order chi connectivity index (χ0) is 13.0. The van der Waals surface area contributed by atoms with Crippen molar-refractivity contribution in [1.29, 1.82) is 0 Å². The number of hydrogen-bond donors (Lipinski definition) is 1. The summed E-state index contributed by atoms with van der Waals surface area (Å²) >= 11 is 0. The van der Waals surface area contributed by atoms with E-state index in [-0.39, 0.29) is 12.1 Å². The van der Waals surface area contributed by atoms with Crippen LogP contribution in [0.1, 0.15) is 51.2 Å². The van der Waals surface area contributed by atoms with E-state index in [0.29, 0.717) is 5.92 Å². The highest BCUT2D eigenvalue weighted by molar-refractivity contribution is 5.36. The Morgan fingerprint density at radius 1 is 1.24 bits per heavy atom. The van der Waals surface area contributed by atoms with Crippen LogP contribution in [0, 0.1) is 6.92 Å². The van der Waals surface area contributed by atoms with Crippen LogP contribution in [-0.2, 0) is 0 Å². The van der Waals surface area contributed by atoms with E-state index in [1.807, 2.05) is 13.0 Å². The molecule has 96 valence electrons. The van der Waals surface area contributed by atoms with E-state index in [4.69, 9.17) is 10.5 Å². The molecule has 2 N–H and O–H groups in total. The van der Waals surface area contributed by atoms with Gasteiger partial charge in [-0.25, -0.2) is 0 Å². The van der Waals surface area contributed by atoms with Gasteiger partial charge in [0.2, 0.25) is 0 Å². The van der Waals surface area contributed by atoms with Crippen LogP contribution in [0.25, 0.3) is 0 Å². The summed E-state index contributed by atoms with van der Waals surface area (Å²) in [7, 11) is 0. The van der Waals surface area contributed by atoms with E-state index in [0.717, 1.165) is 12.2 Å². The Labute approximate surface area is 105 Å². The minimum Gasteiger partial charge on any atom is -0.489 e. The topological polar surface area (TPSA) is 35.2 Å². The zero-order valence-electron chi connectivity index (χ0n) is 11.7. The van der Waals surface area contributed by atoms with Gasteiger partial charge < -0.3 is 10.5 Å². The van der Waals surface area contributed by atoms with Crippen molar-refractivity contribution in [3.8, 4) is 5.75 Å². The number of benzene rings is 1. The first kappa shape index (κ1) is 14.0. The van der Waals surface area contributed by atoms with Crippen molar-refractivity contribution in [3.63, 3.8) is 0 Å². The molecular formula is C15H25NO. The summed E-state index contributed by atoms with van der Waals surface area (Å²) in [5.41, 5.74) is 8.62. The maximum absolute atomic E-state index is 5.96. The fraction of sp³-hybridized carbons (Fsp3) is 0.600. The van der Waals surface area contributed by atoms with Crippen LogP contribution in [0.15, 0.2) is 18.2 Å². The predicted octanol–water partition coefficient (Wildman–Crippen LogP) is 3.62. The van der Waals surface area contributed by atoms with Crippen LogP contribution in [0.5, 0.6) is 5.75 Å². The van der Waals surface area contributed by atoms with Gasteiger partial charge in [0.15, 0.2) is 0 Å². The monoisotopic (exact) mass is 235 g/mol. The van der Waals surface area contributed by atoms with Gasteiger partial charge in [-0.05, 0) is 49.4 Å². The number of rotatable bonds is 5. The van der Waals surface area contributed by atoms with E-state index in [9.17, 15) is 0 Å². The maximum atomic E-state index is 5.96. The SMILES string of the molecule is CCC(N)C(C)Oc1ccc(C(C)C)c(C)c1. The van der Waals surface area contributed by atoms with Crippen LogP contribution in [-0.4, -0.2) is 12.1 Å². The standard InChI is InChI=1S/C15H25NO/c1-6-15(16)12(5)17-13-7-8-14(10(2)3)11(4)9-13/h7-10,12,15H,6,16H2,1-5H3. The van der Waals surface area contributed by atoms with Gasteiger partial charge in [0.1, 0.15) is 11.9 Å². The largest absolute Gasteiger partial charge is 0.489 e. The van der Waals surface area contributed by atoms with Crippen molar-refractivity contribution >= 4 is 0 Å². The average Bonchev–Trinajstić information content (AvgIpc) is 2.27. The number of nitrogens with two attached hydrogens (primary N) is 1. The summed E-state index contributed by atoms with van der Waals surface area (Å²) in [6, 6.07) is 6.40. The third-order valence-electron chi connectivity index (χ3n) is 3.26. The fourth-order valence-corrected chi connectivity index (χ4v) is 2.00. The molecule has 1 aromatic rings. The third kappa shape index (κ3) is 3.74. The van der Waals surface area contributed by atoms with Crippen LogP contribution in [0.2, 0.25) is 0 Å². The first-order valence-electron chi connectivity index (χ1n) is 6.48. The fourth-order valence-electron chi connectivity index (χ4n) is 2.00. The molecule has 0 saturated heterocycles. The summed E-state index contributed by atoms with van der Waals surface area (Å²) in [5, 5.41) is 0. The van der Waals surface area contributed by atoms with Gasteiger partial charge in [-0.1, -0.05) is 26.8 Å². The lowest BCUT2D eigenvalue weighted by Gasteiger charge is -2.21. The molecule has 0 aliphatic rings. The molecule has 0 aliphatic carbocycles.